The first-order valence-electron chi connectivity index (χ1n) is 6.75. The van der Waals surface area contributed by atoms with Crippen LogP contribution in [0.25, 0.3) is 0 Å². The summed E-state index contributed by atoms with van der Waals surface area (Å²) in [5, 5.41) is 7.58. The maximum atomic E-state index is 5.61. The van der Waals surface area contributed by atoms with E-state index in [2.05, 4.69) is 24.3 Å². The van der Waals surface area contributed by atoms with Gasteiger partial charge in [0.15, 0.2) is 5.75 Å². The fraction of sp³-hybridized carbons (Fsp3) is 0.769. The fourth-order valence-electron chi connectivity index (χ4n) is 1.99. The molecule has 1 N–H and O–H groups in total. The largest absolute Gasteiger partial charge is 0.489 e. The molecule has 1 unspecified atom stereocenters. The molecule has 0 spiro atoms. The molecular formula is C13H23N3O2. The van der Waals surface area contributed by atoms with Gasteiger partial charge in [-0.1, -0.05) is 0 Å². The van der Waals surface area contributed by atoms with Gasteiger partial charge in [-0.05, 0) is 26.7 Å². The van der Waals surface area contributed by atoms with Crippen LogP contribution in [0.3, 0.4) is 0 Å². The van der Waals surface area contributed by atoms with Gasteiger partial charge in [0.25, 0.3) is 0 Å². The minimum atomic E-state index is 0.375. The molecule has 0 bridgehead atoms. The smallest absolute Gasteiger partial charge is 0.157 e. The quantitative estimate of drug-likeness (QED) is 0.750. The van der Waals surface area contributed by atoms with Gasteiger partial charge >= 0.3 is 0 Å². The van der Waals surface area contributed by atoms with Crippen LogP contribution >= 0.6 is 0 Å². The van der Waals surface area contributed by atoms with Crippen molar-refractivity contribution in [1.82, 2.24) is 15.1 Å². The molecule has 0 radical (unpaired) electrons. The highest BCUT2D eigenvalue weighted by atomic mass is 16.5. The Kier molecular flexibility index (Phi) is 5.01. The van der Waals surface area contributed by atoms with Crippen LogP contribution in [0.2, 0.25) is 0 Å². The first-order chi connectivity index (χ1) is 8.75. The zero-order chi connectivity index (χ0) is 12.8. The Morgan fingerprint density at radius 2 is 2.50 bits per heavy atom. The van der Waals surface area contributed by atoms with Crippen LogP contribution in [0.4, 0.5) is 0 Å². The van der Waals surface area contributed by atoms with E-state index in [1.54, 1.807) is 6.20 Å². The molecule has 1 aromatic heterocycles. The van der Waals surface area contributed by atoms with Crippen LogP contribution < -0.4 is 10.1 Å². The summed E-state index contributed by atoms with van der Waals surface area (Å²) in [5.74, 6) is 0.836. The SMILES string of the molecule is CC(C)n1cc(OCCNCC2CCCO2)cn1. The van der Waals surface area contributed by atoms with Crippen molar-refractivity contribution in [1.29, 1.82) is 0 Å². The van der Waals surface area contributed by atoms with Gasteiger partial charge in [0.2, 0.25) is 0 Å². The third kappa shape index (κ3) is 3.99. The molecule has 0 amide bonds. The van der Waals surface area contributed by atoms with Gasteiger partial charge in [0.05, 0.1) is 18.5 Å². The van der Waals surface area contributed by atoms with Crippen molar-refractivity contribution in [2.24, 2.45) is 0 Å². The Morgan fingerprint density at radius 1 is 1.61 bits per heavy atom. The summed E-state index contributed by atoms with van der Waals surface area (Å²) in [6, 6.07) is 0.375. The Hall–Kier alpha value is -1.07. The molecule has 1 aliphatic rings. The lowest BCUT2D eigenvalue weighted by atomic mass is 10.2. The zero-order valence-corrected chi connectivity index (χ0v) is 11.3. The average Bonchev–Trinajstić information content (AvgIpc) is 2.98. The van der Waals surface area contributed by atoms with Crippen molar-refractivity contribution in [3.05, 3.63) is 12.4 Å². The molecule has 1 fully saturated rings. The monoisotopic (exact) mass is 253 g/mol. The second-order valence-electron chi connectivity index (χ2n) is 4.94. The van der Waals surface area contributed by atoms with Gasteiger partial charge in [-0.15, -0.1) is 0 Å². The topological polar surface area (TPSA) is 48.3 Å². The molecule has 2 heterocycles. The van der Waals surface area contributed by atoms with Gasteiger partial charge in [-0.3, -0.25) is 4.68 Å². The Labute approximate surface area is 108 Å². The molecule has 0 aliphatic carbocycles. The highest BCUT2D eigenvalue weighted by molar-refractivity contribution is 5.11. The highest BCUT2D eigenvalue weighted by Gasteiger charge is 2.14. The molecule has 102 valence electrons. The van der Waals surface area contributed by atoms with E-state index < -0.39 is 0 Å². The van der Waals surface area contributed by atoms with Crippen molar-refractivity contribution < 1.29 is 9.47 Å². The molecule has 18 heavy (non-hydrogen) atoms. The van der Waals surface area contributed by atoms with E-state index in [-0.39, 0.29) is 0 Å². The summed E-state index contributed by atoms with van der Waals surface area (Å²) in [5.41, 5.74) is 0. The number of nitrogens with one attached hydrogen (secondary N) is 1. The Bertz CT molecular complexity index is 346. The van der Waals surface area contributed by atoms with Crippen molar-refractivity contribution in [3.8, 4) is 5.75 Å². The molecule has 5 nitrogen and oxygen atoms in total. The van der Waals surface area contributed by atoms with Crippen molar-refractivity contribution in [2.75, 3.05) is 26.3 Å². The summed E-state index contributed by atoms with van der Waals surface area (Å²) in [6.45, 7) is 7.54. The van der Waals surface area contributed by atoms with E-state index in [1.165, 1.54) is 12.8 Å². The molecule has 0 aromatic carbocycles. The number of rotatable bonds is 7. The van der Waals surface area contributed by atoms with Gasteiger partial charge in [0, 0.05) is 25.7 Å². The Balaban J connectivity index is 1.56. The first kappa shape index (κ1) is 13.4. The van der Waals surface area contributed by atoms with Crippen LogP contribution in [0, 0.1) is 0 Å². The standard InChI is InChI=1S/C13H23N3O2/c1-11(2)16-10-13(9-15-16)18-7-5-14-8-12-4-3-6-17-12/h9-12,14H,3-8H2,1-2H3. The number of hydrogen-bond donors (Lipinski definition) is 1. The maximum Gasteiger partial charge on any atom is 0.157 e. The number of nitrogens with zero attached hydrogens (tertiary/aromatic N) is 2. The predicted molar refractivity (Wildman–Crippen MR) is 70.0 cm³/mol. The minimum Gasteiger partial charge on any atom is -0.489 e. The fourth-order valence-corrected chi connectivity index (χ4v) is 1.99. The van der Waals surface area contributed by atoms with Gasteiger partial charge in [-0.25, -0.2) is 0 Å². The average molecular weight is 253 g/mol. The molecular weight excluding hydrogens is 230 g/mol. The molecule has 1 aliphatic heterocycles. The maximum absolute atomic E-state index is 5.61. The third-order valence-electron chi connectivity index (χ3n) is 3.05. The second kappa shape index (κ2) is 6.75. The molecule has 0 saturated carbocycles. The van der Waals surface area contributed by atoms with Crippen molar-refractivity contribution in [2.45, 2.75) is 38.8 Å². The van der Waals surface area contributed by atoms with Crippen LogP contribution in [0.1, 0.15) is 32.7 Å². The lowest BCUT2D eigenvalue weighted by Crippen LogP contribution is -2.29. The first-order valence-corrected chi connectivity index (χ1v) is 6.75. The highest BCUT2D eigenvalue weighted by Crippen LogP contribution is 2.12. The number of ether oxygens (including phenoxy) is 2. The summed E-state index contributed by atoms with van der Waals surface area (Å²) in [4.78, 5) is 0. The lowest BCUT2D eigenvalue weighted by Gasteiger charge is -2.10. The summed E-state index contributed by atoms with van der Waals surface area (Å²) < 4.78 is 13.0. The van der Waals surface area contributed by atoms with Crippen LogP contribution in [0.15, 0.2) is 12.4 Å². The van der Waals surface area contributed by atoms with Crippen LogP contribution in [-0.4, -0.2) is 42.2 Å². The molecule has 2 rings (SSSR count). The minimum absolute atomic E-state index is 0.375. The van der Waals surface area contributed by atoms with E-state index >= 15 is 0 Å². The zero-order valence-electron chi connectivity index (χ0n) is 11.3. The van der Waals surface area contributed by atoms with Crippen LogP contribution in [-0.2, 0) is 4.74 Å². The van der Waals surface area contributed by atoms with Gasteiger partial charge in [0.1, 0.15) is 6.61 Å². The summed E-state index contributed by atoms with van der Waals surface area (Å²) in [6.07, 6.45) is 6.46. The third-order valence-corrected chi connectivity index (χ3v) is 3.05. The van der Waals surface area contributed by atoms with E-state index in [4.69, 9.17) is 9.47 Å². The van der Waals surface area contributed by atoms with E-state index in [0.717, 1.165) is 25.4 Å². The van der Waals surface area contributed by atoms with E-state index in [1.807, 2.05) is 10.9 Å². The number of hydrogen-bond acceptors (Lipinski definition) is 4. The molecule has 1 saturated heterocycles. The number of aromatic nitrogens is 2. The van der Waals surface area contributed by atoms with E-state index in [0.29, 0.717) is 18.8 Å². The summed E-state index contributed by atoms with van der Waals surface area (Å²) in [7, 11) is 0. The van der Waals surface area contributed by atoms with Crippen LogP contribution in [0.5, 0.6) is 5.75 Å². The van der Waals surface area contributed by atoms with Crippen molar-refractivity contribution >= 4 is 0 Å². The van der Waals surface area contributed by atoms with Gasteiger partial charge in [-0.2, -0.15) is 5.10 Å². The van der Waals surface area contributed by atoms with Crippen molar-refractivity contribution in [3.63, 3.8) is 0 Å². The molecule has 1 atom stereocenters. The second-order valence-corrected chi connectivity index (χ2v) is 4.94. The Morgan fingerprint density at radius 3 is 3.17 bits per heavy atom. The lowest BCUT2D eigenvalue weighted by molar-refractivity contribution is 0.109. The van der Waals surface area contributed by atoms with E-state index in [9.17, 15) is 0 Å². The van der Waals surface area contributed by atoms with Gasteiger partial charge < -0.3 is 14.8 Å². The summed E-state index contributed by atoms with van der Waals surface area (Å²) >= 11 is 0. The predicted octanol–water partition coefficient (Wildman–Crippen LogP) is 1.61. The normalized spacial score (nSPS) is 19.6. The molecule has 1 aromatic rings. The molecule has 5 heteroatoms.